The molecule has 1 aliphatic rings. The van der Waals surface area contributed by atoms with Gasteiger partial charge >= 0.3 is 12.0 Å². The van der Waals surface area contributed by atoms with E-state index in [2.05, 4.69) is 16.0 Å². The van der Waals surface area contributed by atoms with Crippen molar-refractivity contribution in [2.75, 3.05) is 20.1 Å². The number of rotatable bonds is 6. The zero-order valence-corrected chi connectivity index (χ0v) is 11.1. The molecule has 7 nitrogen and oxygen atoms in total. The van der Waals surface area contributed by atoms with Crippen molar-refractivity contribution in [3.8, 4) is 0 Å². The van der Waals surface area contributed by atoms with Crippen molar-refractivity contribution in [1.29, 1.82) is 0 Å². The third-order valence-electron chi connectivity index (χ3n) is 3.52. The summed E-state index contributed by atoms with van der Waals surface area (Å²) in [7, 11) is 1.53. The Kier molecular flexibility index (Phi) is 5.59. The lowest BCUT2D eigenvalue weighted by atomic mass is 9.86. The van der Waals surface area contributed by atoms with E-state index in [0.29, 0.717) is 12.8 Å². The van der Waals surface area contributed by atoms with E-state index in [0.717, 1.165) is 12.8 Å². The topological polar surface area (TPSA) is 108 Å². The highest BCUT2D eigenvalue weighted by Crippen LogP contribution is 2.37. The van der Waals surface area contributed by atoms with Gasteiger partial charge in [0, 0.05) is 26.6 Å². The molecule has 1 rings (SSSR count). The van der Waals surface area contributed by atoms with Gasteiger partial charge in [0.05, 0.1) is 5.41 Å². The van der Waals surface area contributed by atoms with E-state index < -0.39 is 17.4 Å². The van der Waals surface area contributed by atoms with E-state index in [1.807, 2.05) is 0 Å². The first-order valence-electron chi connectivity index (χ1n) is 6.46. The third-order valence-corrected chi connectivity index (χ3v) is 3.52. The summed E-state index contributed by atoms with van der Waals surface area (Å²) in [5.41, 5.74) is -0.821. The van der Waals surface area contributed by atoms with Gasteiger partial charge in [0.15, 0.2) is 0 Å². The van der Waals surface area contributed by atoms with Crippen LogP contribution < -0.4 is 16.0 Å². The van der Waals surface area contributed by atoms with Gasteiger partial charge in [-0.25, -0.2) is 4.79 Å². The second kappa shape index (κ2) is 6.96. The molecule has 1 aliphatic carbocycles. The van der Waals surface area contributed by atoms with E-state index in [1.54, 1.807) is 0 Å². The van der Waals surface area contributed by atoms with Crippen LogP contribution in [0.15, 0.2) is 0 Å². The molecule has 0 aromatic rings. The highest BCUT2D eigenvalue weighted by Gasteiger charge is 2.41. The number of carboxylic acids is 1. The molecule has 1 saturated carbocycles. The van der Waals surface area contributed by atoms with Crippen LogP contribution in [0.2, 0.25) is 0 Å². The molecule has 7 heteroatoms. The number of amides is 3. The number of hydrogen-bond acceptors (Lipinski definition) is 3. The molecule has 0 aromatic heterocycles. The zero-order chi connectivity index (χ0) is 14.3. The van der Waals surface area contributed by atoms with Crippen LogP contribution in [-0.2, 0) is 9.59 Å². The first-order valence-corrected chi connectivity index (χ1v) is 6.46. The molecular formula is C12H21N3O4. The monoisotopic (exact) mass is 271 g/mol. The Balaban J connectivity index is 2.29. The lowest BCUT2D eigenvalue weighted by Crippen LogP contribution is -2.45. The Labute approximate surface area is 112 Å². The summed E-state index contributed by atoms with van der Waals surface area (Å²) < 4.78 is 0. The van der Waals surface area contributed by atoms with Crippen molar-refractivity contribution in [2.45, 2.75) is 32.1 Å². The summed E-state index contributed by atoms with van der Waals surface area (Å²) in [5, 5.41) is 16.8. The molecule has 0 atom stereocenters. The smallest absolute Gasteiger partial charge is 0.314 e. The van der Waals surface area contributed by atoms with Crippen LogP contribution in [0.4, 0.5) is 4.79 Å². The van der Waals surface area contributed by atoms with Crippen molar-refractivity contribution in [3.05, 3.63) is 0 Å². The fraction of sp³-hybridized carbons (Fsp3) is 0.750. The number of carboxylic acid groups (broad SMARTS) is 1. The molecule has 108 valence electrons. The van der Waals surface area contributed by atoms with Crippen LogP contribution in [0.5, 0.6) is 0 Å². The fourth-order valence-electron chi connectivity index (χ4n) is 2.24. The second-order valence-electron chi connectivity index (χ2n) is 4.83. The van der Waals surface area contributed by atoms with E-state index in [1.165, 1.54) is 7.05 Å². The van der Waals surface area contributed by atoms with Gasteiger partial charge in [-0.05, 0) is 12.8 Å². The maximum Gasteiger partial charge on any atom is 0.314 e. The summed E-state index contributed by atoms with van der Waals surface area (Å²) in [6, 6.07) is -0.434. The average Bonchev–Trinajstić information content (AvgIpc) is 2.86. The minimum absolute atomic E-state index is 0.133. The molecule has 0 saturated heterocycles. The molecule has 3 amide bonds. The first kappa shape index (κ1) is 15.3. The minimum atomic E-state index is -0.851. The highest BCUT2D eigenvalue weighted by molar-refractivity contribution is 5.79. The fourth-order valence-corrected chi connectivity index (χ4v) is 2.24. The minimum Gasteiger partial charge on any atom is -0.481 e. The number of aliphatic carboxylic acids is 1. The van der Waals surface area contributed by atoms with E-state index in [-0.39, 0.29) is 25.4 Å². The molecular weight excluding hydrogens is 250 g/mol. The van der Waals surface area contributed by atoms with Crippen molar-refractivity contribution in [1.82, 2.24) is 16.0 Å². The van der Waals surface area contributed by atoms with Crippen LogP contribution in [0.3, 0.4) is 0 Å². The SMILES string of the molecule is CNC(=O)CCNC(=O)NCC1(C(=O)O)CCCC1. The Hall–Kier alpha value is -1.79. The standard InChI is InChI=1S/C12H21N3O4/c1-13-9(16)4-7-14-11(19)15-8-12(10(17)18)5-2-3-6-12/h2-8H2,1H3,(H,13,16)(H,17,18)(H2,14,15,19). The summed E-state index contributed by atoms with van der Waals surface area (Å²) in [6.07, 6.45) is 3.16. The summed E-state index contributed by atoms with van der Waals surface area (Å²) in [6.45, 7) is 0.361. The van der Waals surface area contributed by atoms with Crippen molar-refractivity contribution in [3.63, 3.8) is 0 Å². The average molecular weight is 271 g/mol. The van der Waals surface area contributed by atoms with Crippen LogP contribution >= 0.6 is 0 Å². The molecule has 0 aromatic carbocycles. The number of carbonyl (C=O) groups excluding carboxylic acids is 2. The number of nitrogens with one attached hydrogen (secondary N) is 3. The Morgan fingerprint density at radius 2 is 1.79 bits per heavy atom. The maximum atomic E-state index is 11.5. The Bertz CT molecular complexity index is 351. The van der Waals surface area contributed by atoms with Crippen LogP contribution in [0, 0.1) is 5.41 Å². The summed E-state index contributed by atoms with van der Waals surface area (Å²) >= 11 is 0. The van der Waals surface area contributed by atoms with E-state index >= 15 is 0 Å². The second-order valence-corrected chi connectivity index (χ2v) is 4.83. The van der Waals surface area contributed by atoms with Crippen LogP contribution in [-0.4, -0.2) is 43.2 Å². The molecule has 0 spiro atoms. The molecule has 1 fully saturated rings. The molecule has 0 bridgehead atoms. The number of hydrogen-bond donors (Lipinski definition) is 4. The van der Waals surface area contributed by atoms with Gasteiger partial charge in [-0.3, -0.25) is 9.59 Å². The summed E-state index contributed by atoms with van der Waals surface area (Å²) in [5.74, 6) is -1.01. The normalized spacial score (nSPS) is 16.7. The molecule has 0 heterocycles. The zero-order valence-electron chi connectivity index (χ0n) is 11.1. The maximum absolute atomic E-state index is 11.5. The molecule has 0 unspecified atom stereocenters. The highest BCUT2D eigenvalue weighted by atomic mass is 16.4. The predicted molar refractivity (Wildman–Crippen MR) is 68.6 cm³/mol. The van der Waals surface area contributed by atoms with Gasteiger partial charge in [-0.1, -0.05) is 12.8 Å². The number of urea groups is 1. The third kappa shape index (κ3) is 4.42. The molecule has 0 aliphatic heterocycles. The van der Waals surface area contributed by atoms with Gasteiger partial charge in [-0.15, -0.1) is 0 Å². The summed E-state index contributed by atoms with van der Waals surface area (Å²) in [4.78, 5) is 33.7. The van der Waals surface area contributed by atoms with Gasteiger partial charge in [0.1, 0.15) is 0 Å². The van der Waals surface area contributed by atoms with Crippen molar-refractivity contribution >= 4 is 17.9 Å². The van der Waals surface area contributed by atoms with E-state index in [4.69, 9.17) is 0 Å². The van der Waals surface area contributed by atoms with Crippen molar-refractivity contribution in [2.24, 2.45) is 5.41 Å². The quantitative estimate of drug-likeness (QED) is 0.548. The molecule has 0 radical (unpaired) electrons. The largest absolute Gasteiger partial charge is 0.481 e. The Morgan fingerprint density at radius 1 is 1.16 bits per heavy atom. The molecule has 4 N–H and O–H groups in total. The lowest BCUT2D eigenvalue weighted by Gasteiger charge is -2.23. The van der Waals surface area contributed by atoms with Gasteiger partial charge in [0.25, 0.3) is 0 Å². The molecule has 19 heavy (non-hydrogen) atoms. The lowest BCUT2D eigenvalue weighted by molar-refractivity contribution is -0.148. The van der Waals surface area contributed by atoms with Gasteiger partial charge in [-0.2, -0.15) is 0 Å². The van der Waals surface area contributed by atoms with Gasteiger partial charge < -0.3 is 21.1 Å². The first-order chi connectivity index (χ1) is 9.00. The predicted octanol–water partition coefficient (Wildman–Crippen LogP) is 0.0667. The van der Waals surface area contributed by atoms with Crippen LogP contribution in [0.25, 0.3) is 0 Å². The van der Waals surface area contributed by atoms with Crippen molar-refractivity contribution < 1.29 is 19.5 Å². The Morgan fingerprint density at radius 3 is 2.32 bits per heavy atom. The van der Waals surface area contributed by atoms with Crippen LogP contribution in [0.1, 0.15) is 32.1 Å². The van der Waals surface area contributed by atoms with Gasteiger partial charge in [0.2, 0.25) is 5.91 Å². The van der Waals surface area contributed by atoms with E-state index in [9.17, 15) is 19.5 Å². The number of carbonyl (C=O) groups is 3.